The van der Waals surface area contributed by atoms with E-state index in [0.29, 0.717) is 0 Å². The Morgan fingerprint density at radius 2 is 0.828 bits per heavy atom. The SMILES string of the molecule is O=S(=O)(C(S(=O)(=O)C(F)(F)F)S(=O)(=O)C(F)(F)F)C(F)(F)F.Sc1ccccc1. The number of rotatable bonds is 3. The third-order valence-corrected chi connectivity index (χ3v) is 10.8. The summed E-state index contributed by atoms with van der Waals surface area (Å²) in [5, 5.41) is 0. The minimum absolute atomic E-state index is 1.02. The monoisotopic (exact) mass is 522 g/mol. The Balaban J connectivity index is 0.000000929. The average molecular weight is 522 g/mol. The Hall–Kier alpha value is -1.21. The van der Waals surface area contributed by atoms with Crippen LogP contribution in [0.4, 0.5) is 39.5 Å². The molecule has 0 heterocycles. The highest BCUT2D eigenvalue weighted by molar-refractivity contribution is 8.24. The molecular formula is C10H7F9O6S4. The predicted molar refractivity (Wildman–Crippen MR) is 82.4 cm³/mol. The topological polar surface area (TPSA) is 102 Å². The van der Waals surface area contributed by atoms with Crippen LogP contribution in [0.1, 0.15) is 0 Å². The molecule has 0 spiro atoms. The normalized spacial score (nSPS) is 14.3. The van der Waals surface area contributed by atoms with Gasteiger partial charge in [-0.2, -0.15) is 39.5 Å². The van der Waals surface area contributed by atoms with Crippen LogP contribution in [0.3, 0.4) is 0 Å². The Bertz CT molecular complexity index is 902. The van der Waals surface area contributed by atoms with Crippen LogP contribution in [0, 0.1) is 0 Å². The van der Waals surface area contributed by atoms with Gasteiger partial charge >= 0.3 is 16.5 Å². The summed E-state index contributed by atoms with van der Waals surface area (Å²) >= 11 is 4.08. The van der Waals surface area contributed by atoms with E-state index in [-0.39, 0.29) is 0 Å². The van der Waals surface area contributed by atoms with Crippen molar-refractivity contribution >= 4 is 42.1 Å². The molecule has 0 fully saturated rings. The summed E-state index contributed by atoms with van der Waals surface area (Å²) < 4.78 is 167. The third kappa shape index (κ3) is 6.14. The zero-order valence-electron chi connectivity index (χ0n) is 13.0. The Kier molecular flexibility index (Phi) is 8.14. The van der Waals surface area contributed by atoms with Gasteiger partial charge in [0.2, 0.25) is 0 Å². The van der Waals surface area contributed by atoms with E-state index in [9.17, 15) is 64.8 Å². The lowest BCUT2D eigenvalue weighted by molar-refractivity contribution is -0.0490. The summed E-state index contributed by atoms with van der Waals surface area (Å²) in [7, 11) is -23.8. The first-order valence-electron chi connectivity index (χ1n) is 6.15. The van der Waals surface area contributed by atoms with E-state index in [2.05, 4.69) is 12.6 Å². The van der Waals surface area contributed by atoms with E-state index in [4.69, 9.17) is 0 Å². The molecule has 0 saturated carbocycles. The van der Waals surface area contributed by atoms with Crippen LogP contribution in [0.25, 0.3) is 0 Å². The Morgan fingerprint density at radius 1 is 0.586 bits per heavy atom. The van der Waals surface area contributed by atoms with E-state index in [1.807, 2.05) is 30.3 Å². The molecule has 0 unspecified atom stereocenters. The summed E-state index contributed by atoms with van der Waals surface area (Å²) in [4.78, 5) is 1.02. The second kappa shape index (κ2) is 8.50. The molecular weight excluding hydrogens is 515 g/mol. The van der Waals surface area contributed by atoms with Crippen molar-refractivity contribution in [1.29, 1.82) is 0 Å². The highest BCUT2D eigenvalue weighted by atomic mass is 32.3. The number of thiol groups is 1. The van der Waals surface area contributed by atoms with Crippen LogP contribution >= 0.6 is 12.6 Å². The molecule has 0 aromatic heterocycles. The van der Waals surface area contributed by atoms with Crippen molar-refractivity contribution in [1.82, 2.24) is 0 Å². The number of hydrogen-bond donors (Lipinski definition) is 1. The van der Waals surface area contributed by atoms with Gasteiger partial charge in [0.15, 0.2) is 0 Å². The van der Waals surface area contributed by atoms with Gasteiger partial charge in [0, 0.05) is 4.90 Å². The Morgan fingerprint density at radius 3 is 0.966 bits per heavy atom. The van der Waals surface area contributed by atoms with Crippen LogP contribution < -0.4 is 0 Å². The minimum atomic E-state index is -7.94. The summed E-state index contributed by atoms with van der Waals surface area (Å²) in [6, 6.07) is 9.79. The molecule has 1 rings (SSSR count). The smallest absolute Gasteiger partial charge is 0.217 e. The lowest BCUT2D eigenvalue weighted by Crippen LogP contribution is -2.52. The van der Waals surface area contributed by atoms with Crippen LogP contribution in [0.15, 0.2) is 35.2 Å². The van der Waals surface area contributed by atoms with Crippen LogP contribution in [-0.2, 0) is 29.5 Å². The summed E-state index contributed by atoms with van der Waals surface area (Å²) in [5.74, 6) is 0. The Labute approximate surface area is 162 Å². The van der Waals surface area contributed by atoms with Crippen LogP contribution in [0.5, 0.6) is 0 Å². The third-order valence-electron chi connectivity index (χ3n) is 2.48. The predicted octanol–water partition coefficient (Wildman–Crippen LogP) is 3.05. The fraction of sp³-hybridized carbons (Fsp3) is 0.400. The molecule has 0 aliphatic carbocycles. The maximum absolute atomic E-state index is 12.1. The van der Waals surface area contributed by atoms with Gasteiger partial charge in [-0.25, -0.2) is 25.3 Å². The van der Waals surface area contributed by atoms with Crippen molar-refractivity contribution in [3.8, 4) is 0 Å². The van der Waals surface area contributed by atoms with Crippen molar-refractivity contribution in [3.05, 3.63) is 30.3 Å². The minimum Gasteiger partial charge on any atom is -0.217 e. The zero-order chi connectivity index (χ0) is 23.7. The average Bonchev–Trinajstić information content (AvgIpc) is 2.44. The molecule has 0 bridgehead atoms. The molecule has 0 N–H and O–H groups in total. The van der Waals surface area contributed by atoms with Crippen LogP contribution in [0.2, 0.25) is 0 Å². The molecule has 0 radical (unpaired) electrons. The molecule has 170 valence electrons. The molecule has 1 aromatic rings. The lowest BCUT2D eigenvalue weighted by Gasteiger charge is -2.21. The zero-order valence-corrected chi connectivity index (χ0v) is 16.3. The largest absolute Gasteiger partial charge is 0.499 e. The van der Waals surface area contributed by atoms with Gasteiger partial charge in [-0.05, 0) is 12.1 Å². The second-order valence-electron chi connectivity index (χ2n) is 4.60. The highest BCUT2D eigenvalue weighted by Gasteiger charge is 2.73. The first-order valence-corrected chi connectivity index (χ1v) is 11.2. The van der Waals surface area contributed by atoms with E-state index in [0.717, 1.165) is 4.90 Å². The molecule has 0 amide bonds. The van der Waals surface area contributed by atoms with Gasteiger partial charge in [-0.15, -0.1) is 12.6 Å². The van der Waals surface area contributed by atoms with Crippen molar-refractivity contribution in [2.24, 2.45) is 0 Å². The number of sulfone groups is 3. The maximum Gasteiger partial charge on any atom is 0.499 e. The molecule has 29 heavy (non-hydrogen) atoms. The van der Waals surface area contributed by atoms with Gasteiger partial charge in [-0.3, -0.25) is 0 Å². The number of hydrogen-bond acceptors (Lipinski definition) is 7. The van der Waals surface area contributed by atoms with Crippen molar-refractivity contribution < 1.29 is 64.8 Å². The van der Waals surface area contributed by atoms with Crippen molar-refractivity contribution in [2.75, 3.05) is 0 Å². The fourth-order valence-electron chi connectivity index (χ4n) is 1.26. The van der Waals surface area contributed by atoms with E-state index < -0.39 is 50.0 Å². The number of halogens is 9. The molecule has 19 heteroatoms. The number of benzene rings is 1. The molecule has 0 aliphatic rings. The first-order chi connectivity index (χ1) is 12.5. The van der Waals surface area contributed by atoms with Gasteiger partial charge in [0.25, 0.3) is 33.4 Å². The van der Waals surface area contributed by atoms with Gasteiger partial charge in [-0.1, -0.05) is 18.2 Å². The molecule has 0 aliphatic heterocycles. The molecule has 1 aromatic carbocycles. The molecule has 0 saturated heterocycles. The summed E-state index contributed by atoms with van der Waals surface area (Å²) in [5.41, 5.74) is -21.1. The summed E-state index contributed by atoms with van der Waals surface area (Å²) in [6.07, 6.45) is 0. The van der Waals surface area contributed by atoms with Gasteiger partial charge in [0.1, 0.15) is 0 Å². The first kappa shape index (κ1) is 27.8. The standard InChI is InChI=1S/C6H6S.C4HF9O6S3/c7-6-4-2-1-3-5-6;5-2(6,7)20(14,15)1(21(16,17)3(8,9)10)22(18,19)4(11,12)13/h1-5,7H;1H. The van der Waals surface area contributed by atoms with E-state index in [1.54, 1.807) is 0 Å². The van der Waals surface area contributed by atoms with Crippen LogP contribution in [-0.4, -0.2) is 45.7 Å². The highest BCUT2D eigenvalue weighted by Crippen LogP contribution is 2.42. The second-order valence-corrected chi connectivity index (χ2v) is 12.1. The van der Waals surface area contributed by atoms with Gasteiger partial charge < -0.3 is 0 Å². The molecule has 6 nitrogen and oxygen atoms in total. The van der Waals surface area contributed by atoms with Gasteiger partial charge in [0.05, 0.1) is 0 Å². The van der Waals surface area contributed by atoms with Crippen molar-refractivity contribution in [3.63, 3.8) is 0 Å². The quantitative estimate of drug-likeness (QED) is 0.484. The fourth-order valence-corrected chi connectivity index (χ4v) is 8.05. The maximum atomic E-state index is 12.1. The molecule has 0 atom stereocenters. The number of alkyl halides is 9. The van der Waals surface area contributed by atoms with Crippen molar-refractivity contribution in [2.45, 2.75) is 25.3 Å². The summed E-state index contributed by atoms with van der Waals surface area (Å²) in [6.45, 7) is 0. The van der Waals surface area contributed by atoms with E-state index in [1.165, 1.54) is 0 Å². The lowest BCUT2D eigenvalue weighted by atomic mass is 10.4. The van der Waals surface area contributed by atoms with E-state index >= 15 is 0 Å².